The summed E-state index contributed by atoms with van der Waals surface area (Å²) < 4.78 is 4.37. The Morgan fingerprint density at radius 1 is 1.64 bits per heavy atom. The zero-order chi connectivity index (χ0) is 9.11. The van der Waals surface area contributed by atoms with E-state index in [-0.39, 0.29) is 5.97 Å². The van der Waals surface area contributed by atoms with Crippen LogP contribution in [-0.2, 0) is 9.53 Å². The molecular weight excluding hydrogens is 164 g/mol. The van der Waals surface area contributed by atoms with Crippen LogP contribution in [0, 0.1) is 0 Å². The van der Waals surface area contributed by atoms with Gasteiger partial charge in [0.15, 0.2) is 0 Å². The quantitative estimate of drug-likeness (QED) is 0.369. The molecule has 0 fully saturated rings. The fourth-order valence-electron chi connectivity index (χ4n) is 0.164. The molecule has 0 heterocycles. The van der Waals surface area contributed by atoms with Gasteiger partial charge in [-0.05, 0) is 13.3 Å². The predicted molar refractivity (Wildman–Crippen MR) is 47.6 cm³/mol. The van der Waals surface area contributed by atoms with Gasteiger partial charge in [0.25, 0.3) is 0 Å². The third-order valence-corrected chi connectivity index (χ3v) is 0.937. The van der Waals surface area contributed by atoms with Crippen molar-refractivity contribution in [3.63, 3.8) is 0 Å². The highest BCUT2D eigenvalue weighted by Gasteiger charge is 1.80. The Kier molecular flexibility index (Phi) is 14.5. The van der Waals surface area contributed by atoms with E-state index < -0.39 is 0 Å². The number of halogens is 1. The summed E-state index contributed by atoms with van der Waals surface area (Å²) in [6.45, 7) is 5.19. The van der Waals surface area contributed by atoms with Crippen molar-refractivity contribution < 1.29 is 9.53 Å². The van der Waals surface area contributed by atoms with Crippen LogP contribution in [0.25, 0.3) is 0 Å². The minimum absolute atomic E-state index is 0.280. The van der Waals surface area contributed by atoms with Gasteiger partial charge in [0.2, 0.25) is 0 Å². The fourth-order valence-corrected chi connectivity index (χ4v) is 0.164. The number of alkyl halides is 1. The molecule has 66 valence electrons. The van der Waals surface area contributed by atoms with Crippen LogP contribution in [0.4, 0.5) is 0 Å². The molecule has 11 heavy (non-hydrogen) atoms. The molecule has 0 atom stereocenters. The normalized spacial score (nSPS) is 8.73. The first-order chi connectivity index (χ1) is 5.18. The Hall–Kier alpha value is -0.500. The predicted octanol–water partition coefficient (Wildman–Crippen LogP) is 2.72. The molecular formula is C8H15ClO2. The van der Waals surface area contributed by atoms with Crippen LogP contribution in [0.15, 0.2) is 12.3 Å². The van der Waals surface area contributed by atoms with Gasteiger partial charge in [-0.25, -0.2) is 0 Å². The third-order valence-electron chi connectivity index (χ3n) is 0.559. The van der Waals surface area contributed by atoms with Crippen LogP contribution < -0.4 is 0 Å². The van der Waals surface area contributed by atoms with E-state index in [0.717, 1.165) is 12.3 Å². The van der Waals surface area contributed by atoms with E-state index in [2.05, 4.69) is 4.74 Å². The number of ether oxygens (including phenoxy) is 1. The first-order valence-electron chi connectivity index (χ1n) is 3.53. The standard InChI is InChI=1S/C5H8O2.C3H7Cl/c1-3-4-7-5(2)6;1-2-3-4/h3-4H,1-2H3;2-3H2,1H3/b4-3+;. The Morgan fingerprint density at radius 3 is 2.18 bits per heavy atom. The van der Waals surface area contributed by atoms with E-state index in [1.54, 1.807) is 13.0 Å². The number of hydrogen-bond donors (Lipinski definition) is 0. The summed E-state index contributed by atoms with van der Waals surface area (Å²) >= 11 is 5.19. The van der Waals surface area contributed by atoms with Gasteiger partial charge in [-0.2, -0.15) is 0 Å². The Morgan fingerprint density at radius 2 is 2.09 bits per heavy atom. The van der Waals surface area contributed by atoms with Gasteiger partial charge in [-0.1, -0.05) is 13.0 Å². The van der Waals surface area contributed by atoms with Crippen LogP contribution >= 0.6 is 11.6 Å². The van der Waals surface area contributed by atoms with Crippen molar-refractivity contribution in [2.75, 3.05) is 5.88 Å². The molecule has 0 bridgehead atoms. The average Bonchev–Trinajstić information content (AvgIpc) is 2.01. The van der Waals surface area contributed by atoms with Gasteiger partial charge >= 0.3 is 5.97 Å². The van der Waals surface area contributed by atoms with Crippen molar-refractivity contribution in [3.05, 3.63) is 12.3 Å². The molecule has 0 aliphatic carbocycles. The van der Waals surface area contributed by atoms with Gasteiger partial charge in [-0.3, -0.25) is 4.79 Å². The van der Waals surface area contributed by atoms with Gasteiger partial charge in [-0.15, -0.1) is 11.6 Å². The smallest absolute Gasteiger partial charge is 0.307 e. The highest BCUT2D eigenvalue weighted by molar-refractivity contribution is 6.17. The molecule has 2 nitrogen and oxygen atoms in total. The summed E-state index contributed by atoms with van der Waals surface area (Å²) in [5, 5.41) is 0. The molecule has 0 radical (unpaired) electrons. The van der Waals surface area contributed by atoms with Gasteiger partial charge < -0.3 is 4.74 Å². The molecule has 3 heteroatoms. The average molecular weight is 179 g/mol. The number of carbonyl (C=O) groups is 1. The molecule has 0 amide bonds. The number of esters is 1. The lowest BCUT2D eigenvalue weighted by Crippen LogP contribution is -1.88. The first-order valence-corrected chi connectivity index (χ1v) is 4.06. The van der Waals surface area contributed by atoms with Crippen LogP contribution in [-0.4, -0.2) is 11.8 Å². The summed E-state index contributed by atoms with van der Waals surface area (Å²) in [7, 11) is 0. The SMILES string of the molecule is C/C=C/OC(C)=O.CCCCl. The molecule has 0 aromatic rings. The number of carbonyl (C=O) groups excluding carboxylic acids is 1. The highest BCUT2D eigenvalue weighted by Crippen LogP contribution is 1.76. The van der Waals surface area contributed by atoms with Crippen molar-refractivity contribution in [2.24, 2.45) is 0 Å². The topological polar surface area (TPSA) is 26.3 Å². The molecule has 0 unspecified atom stereocenters. The lowest BCUT2D eigenvalue weighted by molar-refractivity contribution is -0.135. The van der Waals surface area contributed by atoms with Crippen LogP contribution in [0.1, 0.15) is 27.2 Å². The van der Waals surface area contributed by atoms with E-state index in [0.29, 0.717) is 0 Å². The molecule has 0 N–H and O–H groups in total. The Balaban J connectivity index is 0. The molecule has 0 aromatic heterocycles. The zero-order valence-electron chi connectivity index (χ0n) is 7.26. The maximum Gasteiger partial charge on any atom is 0.307 e. The maximum absolute atomic E-state index is 9.93. The van der Waals surface area contributed by atoms with Gasteiger partial charge in [0.05, 0.1) is 6.26 Å². The number of hydrogen-bond acceptors (Lipinski definition) is 2. The van der Waals surface area contributed by atoms with Gasteiger partial charge in [0.1, 0.15) is 0 Å². The van der Waals surface area contributed by atoms with Crippen molar-refractivity contribution in [3.8, 4) is 0 Å². The minimum Gasteiger partial charge on any atom is -0.435 e. The van der Waals surface area contributed by atoms with E-state index >= 15 is 0 Å². The summed E-state index contributed by atoms with van der Waals surface area (Å²) in [5.74, 6) is 0.512. The van der Waals surface area contributed by atoms with Crippen molar-refractivity contribution in [2.45, 2.75) is 27.2 Å². The lowest BCUT2D eigenvalue weighted by Gasteiger charge is -1.85. The van der Waals surface area contributed by atoms with Gasteiger partial charge in [0, 0.05) is 12.8 Å². The summed E-state index contributed by atoms with van der Waals surface area (Å²) in [6.07, 6.45) is 4.09. The second-order valence-corrected chi connectivity index (χ2v) is 2.15. The summed E-state index contributed by atoms with van der Waals surface area (Å²) in [4.78, 5) is 9.93. The molecule has 0 aliphatic heterocycles. The second kappa shape index (κ2) is 12.2. The third kappa shape index (κ3) is 26.4. The van der Waals surface area contributed by atoms with E-state index in [1.165, 1.54) is 13.2 Å². The number of rotatable bonds is 2. The second-order valence-electron chi connectivity index (χ2n) is 1.77. The minimum atomic E-state index is -0.280. The zero-order valence-corrected chi connectivity index (χ0v) is 8.02. The summed E-state index contributed by atoms with van der Waals surface area (Å²) in [6, 6.07) is 0. The largest absolute Gasteiger partial charge is 0.435 e. The fraction of sp³-hybridized carbons (Fsp3) is 0.625. The van der Waals surface area contributed by atoms with Crippen LogP contribution in [0.2, 0.25) is 0 Å². The van der Waals surface area contributed by atoms with Crippen molar-refractivity contribution >= 4 is 17.6 Å². The lowest BCUT2D eigenvalue weighted by atomic mass is 10.6. The number of allylic oxidation sites excluding steroid dienone is 1. The molecule has 0 spiro atoms. The summed E-state index contributed by atoms with van der Waals surface area (Å²) in [5.41, 5.74) is 0. The van der Waals surface area contributed by atoms with E-state index in [4.69, 9.17) is 11.6 Å². The van der Waals surface area contributed by atoms with E-state index in [9.17, 15) is 4.79 Å². The molecule has 0 saturated carbocycles. The van der Waals surface area contributed by atoms with Crippen LogP contribution in [0.5, 0.6) is 0 Å². The Bertz CT molecular complexity index is 109. The maximum atomic E-state index is 9.93. The molecule has 0 rings (SSSR count). The molecule has 0 saturated heterocycles. The molecule has 0 aliphatic rings. The monoisotopic (exact) mass is 178 g/mol. The van der Waals surface area contributed by atoms with E-state index in [1.807, 2.05) is 6.92 Å². The Labute approximate surface area is 73.2 Å². The van der Waals surface area contributed by atoms with Crippen molar-refractivity contribution in [1.82, 2.24) is 0 Å². The van der Waals surface area contributed by atoms with Crippen molar-refractivity contribution in [1.29, 1.82) is 0 Å². The first kappa shape index (κ1) is 13.1. The highest BCUT2D eigenvalue weighted by atomic mass is 35.5. The van der Waals surface area contributed by atoms with Crippen LogP contribution in [0.3, 0.4) is 0 Å². The molecule has 0 aromatic carbocycles.